The zero-order valence-electron chi connectivity index (χ0n) is 14.3. The number of aromatic nitrogens is 2. The molecule has 0 saturated heterocycles. The zero-order chi connectivity index (χ0) is 19.8. The van der Waals surface area contributed by atoms with Crippen LogP contribution in [0.5, 0.6) is 0 Å². The van der Waals surface area contributed by atoms with Crippen LogP contribution in [0.1, 0.15) is 0 Å². The van der Waals surface area contributed by atoms with Gasteiger partial charge in [-0.25, -0.2) is 14.1 Å². The average molecular weight is 415 g/mol. The Morgan fingerprint density at radius 3 is 2.39 bits per heavy atom. The molecular formula is C20H13Cl2FN4O. The van der Waals surface area contributed by atoms with Crippen LogP contribution in [-0.2, 0) is 0 Å². The number of carbonyl (C=O) groups excluding carboxylic acids is 1. The quantitative estimate of drug-likeness (QED) is 0.438. The molecule has 0 saturated carbocycles. The van der Waals surface area contributed by atoms with E-state index in [2.05, 4.69) is 10.2 Å². The van der Waals surface area contributed by atoms with Crippen LogP contribution in [0.3, 0.4) is 0 Å². The summed E-state index contributed by atoms with van der Waals surface area (Å²) < 4.78 is 14.9. The lowest BCUT2D eigenvalue weighted by Gasteiger charge is -2.18. The summed E-state index contributed by atoms with van der Waals surface area (Å²) >= 11 is 12.2. The molecule has 2 amide bonds. The molecule has 3 N–H and O–H groups in total. The number of fused-ring (bicyclic) bond motifs is 1. The number of benzene rings is 3. The van der Waals surface area contributed by atoms with Crippen molar-refractivity contribution in [3.8, 4) is 11.1 Å². The van der Waals surface area contributed by atoms with E-state index in [4.69, 9.17) is 28.9 Å². The Hall–Kier alpha value is -3.09. The molecule has 140 valence electrons. The van der Waals surface area contributed by atoms with E-state index in [0.29, 0.717) is 21.7 Å². The van der Waals surface area contributed by atoms with E-state index in [1.807, 2.05) is 30.3 Å². The molecule has 0 atom stereocenters. The van der Waals surface area contributed by atoms with E-state index in [1.54, 1.807) is 30.3 Å². The lowest BCUT2D eigenvalue weighted by molar-refractivity contribution is 0.256. The number of hydrogen-bond acceptors (Lipinski definition) is 2. The molecule has 1 heterocycles. The van der Waals surface area contributed by atoms with Gasteiger partial charge in [-0.3, -0.25) is 5.10 Å². The molecule has 0 aliphatic heterocycles. The number of halogens is 3. The highest BCUT2D eigenvalue weighted by atomic mass is 35.5. The number of urea groups is 1. The van der Waals surface area contributed by atoms with Gasteiger partial charge in [0, 0.05) is 16.0 Å². The van der Waals surface area contributed by atoms with Gasteiger partial charge >= 0.3 is 6.03 Å². The number of H-pyrrole nitrogens is 1. The maximum absolute atomic E-state index is 14.9. The summed E-state index contributed by atoms with van der Waals surface area (Å²) in [4.78, 5) is 13.4. The SMILES string of the molecule is NC(=O)N(c1ccc(Cl)cc1)c1n[nH]c2c(F)c(Cl)c(-c3ccccc3)cc12. The van der Waals surface area contributed by atoms with Crippen molar-refractivity contribution < 1.29 is 9.18 Å². The van der Waals surface area contributed by atoms with Crippen LogP contribution in [0, 0.1) is 5.82 Å². The third-order valence-corrected chi connectivity index (χ3v) is 4.94. The normalized spacial score (nSPS) is 11.0. The van der Waals surface area contributed by atoms with E-state index < -0.39 is 11.8 Å². The van der Waals surface area contributed by atoms with Gasteiger partial charge < -0.3 is 5.73 Å². The van der Waals surface area contributed by atoms with Gasteiger partial charge in [0.05, 0.1) is 10.7 Å². The van der Waals surface area contributed by atoms with Crippen LogP contribution in [0.2, 0.25) is 10.0 Å². The standard InChI is InChI=1S/C20H13Cl2FN4O/c21-12-6-8-13(9-7-12)27(20(24)28)19-15-10-14(11-4-2-1-3-5-11)16(22)17(23)18(15)25-26-19/h1-10H,(H2,24,28)(H,25,26). The van der Waals surface area contributed by atoms with Crippen LogP contribution in [0.15, 0.2) is 60.7 Å². The Balaban J connectivity index is 1.96. The first-order chi connectivity index (χ1) is 13.5. The van der Waals surface area contributed by atoms with Crippen LogP contribution in [0.25, 0.3) is 22.0 Å². The summed E-state index contributed by atoms with van der Waals surface area (Å²) in [5.74, 6) is -0.491. The summed E-state index contributed by atoms with van der Waals surface area (Å²) in [6.07, 6.45) is 0. The van der Waals surface area contributed by atoms with Crippen LogP contribution >= 0.6 is 23.2 Å². The van der Waals surface area contributed by atoms with Crippen molar-refractivity contribution in [3.63, 3.8) is 0 Å². The second kappa shape index (κ2) is 7.14. The largest absolute Gasteiger partial charge is 0.351 e. The number of hydrogen-bond donors (Lipinski definition) is 2. The third-order valence-electron chi connectivity index (χ3n) is 4.32. The number of rotatable bonds is 3. The van der Waals surface area contributed by atoms with Gasteiger partial charge in [-0.15, -0.1) is 0 Å². The molecule has 0 bridgehead atoms. The van der Waals surface area contributed by atoms with Crippen molar-refractivity contribution in [2.75, 3.05) is 4.90 Å². The Labute approximate surface area is 169 Å². The van der Waals surface area contributed by atoms with Gasteiger partial charge in [-0.2, -0.15) is 5.10 Å². The summed E-state index contributed by atoms with van der Waals surface area (Å²) in [6, 6.07) is 16.5. The molecule has 4 rings (SSSR count). The van der Waals surface area contributed by atoms with Crippen molar-refractivity contribution in [3.05, 3.63) is 76.5 Å². The molecule has 0 radical (unpaired) electrons. The fourth-order valence-corrected chi connectivity index (χ4v) is 3.41. The fourth-order valence-electron chi connectivity index (χ4n) is 3.02. The minimum Gasteiger partial charge on any atom is -0.351 e. The average Bonchev–Trinajstić information content (AvgIpc) is 3.10. The maximum atomic E-state index is 14.9. The van der Waals surface area contributed by atoms with E-state index >= 15 is 0 Å². The van der Waals surface area contributed by atoms with Crippen molar-refractivity contribution >= 4 is 51.6 Å². The Morgan fingerprint density at radius 1 is 1.07 bits per heavy atom. The molecule has 28 heavy (non-hydrogen) atoms. The predicted molar refractivity (Wildman–Crippen MR) is 110 cm³/mol. The molecule has 0 spiro atoms. The molecule has 0 unspecified atom stereocenters. The van der Waals surface area contributed by atoms with E-state index in [9.17, 15) is 9.18 Å². The Morgan fingerprint density at radius 2 is 1.75 bits per heavy atom. The Bertz CT molecular complexity index is 1180. The number of amides is 2. The van der Waals surface area contributed by atoms with Gasteiger partial charge in [0.2, 0.25) is 0 Å². The molecule has 5 nitrogen and oxygen atoms in total. The minimum atomic E-state index is -0.771. The molecule has 0 aliphatic carbocycles. The molecule has 3 aromatic carbocycles. The second-order valence-electron chi connectivity index (χ2n) is 6.04. The number of carbonyl (C=O) groups is 1. The lowest BCUT2D eigenvalue weighted by Crippen LogP contribution is -2.31. The minimum absolute atomic E-state index is 0.0361. The Kier molecular flexibility index (Phi) is 4.66. The van der Waals surface area contributed by atoms with Crippen molar-refractivity contribution in [2.24, 2.45) is 5.73 Å². The number of nitrogens with one attached hydrogen (secondary N) is 1. The molecule has 4 aromatic rings. The predicted octanol–water partition coefficient (Wildman–Crippen LogP) is 5.89. The summed E-state index contributed by atoms with van der Waals surface area (Å²) in [5, 5.41) is 7.57. The maximum Gasteiger partial charge on any atom is 0.325 e. The number of primary amides is 1. The lowest BCUT2D eigenvalue weighted by atomic mass is 10.0. The summed E-state index contributed by atoms with van der Waals surface area (Å²) in [6.45, 7) is 0. The molecule has 1 aromatic heterocycles. The van der Waals surface area contributed by atoms with Gasteiger partial charge in [0.15, 0.2) is 11.6 Å². The summed E-state index contributed by atoms with van der Waals surface area (Å²) in [7, 11) is 0. The monoisotopic (exact) mass is 414 g/mol. The first-order valence-electron chi connectivity index (χ1n) is 8.24. The first kappa shape index (κ1) is 18.3. The molecule has 0 aliphatic rings. The number of nitrogens with zero attached hydrogens (tertiary/aromatic N) is 2. The topological polar surface area (TPSA) is 75.0 Å². The van der Waals surface area contributed by atoms with Crippen molar-refractivity contribution in [2.45, 2.75) is 0 Å². The van der Waals surface area contributed by atoms with E-state index in [1.165, 1.54) is 4.90 Å². The molecular weight excluding hydrogens is 402 g/mol. The number of anilines is 2. The van der Waals surface area contributed by atoms with Gasteiger partial charge in [0.1, 0.15) is 5.52 Å². The highest BCUT2D eigenvalue weighted by molar-refractivity contribution is 6.34. The zero-order valence-corrected chi connectivity index (χ0v) is 15.8. The fraction of sp³-hybridized carbons (Fsp3) is 0. The van der Waals surface area contributed by atoms with Crippen molar-refractivity contribution in [1.82, 2.24) is 10.2 Å². The van der Waals surface area contributed by atoms with Crippen LogP contribution < -0.4 is 10.6 Å². The van der Waals surface area contributed by atoms with Gasteiger partial charge in [-0.1, -0.05) is 53.5 Å². The van der Waals surface area contributed by atoms with Gasteiger partial charge in [0.25, 0.3) is 0 Å². The number of aromatic amines is 1. The van der Waals surface area contributed by atoms with Crippen molar-refractivity contribution in [1.29, 1.82) is 0 Å². The van der Waals surface area contributed by atoms with E-state index in [-0.39, 0.29) is 16.4 Å². The molecule has 8 heteroatoms. The second-order valence-corrected chi connectivity index (χ2v) is 6.85. The highest BCUT2D eigenvalue weighted by Gasteiger charge is 2.24. The smallest absolute Gasteiger partial charge is 0.325 e. The summed E-state index contributed by atoms with van der Waals surface area (Å²) in [5.41, 5.74) is 7.33. The van der Waals surface area contributed by atoms with Gasteiger partial charge in [-0.05, 0) is 35.9 Å². The highest BCUT2D eigenvalue weighted by Crippen LogP contribution is 2.39. The van der Waals surface area contributed by atoms with Crippen LogP contribution in [-0.4, -0.2) is 16.2 Å². The number of nitrogens with two attached hydrogens (primary N) is 1. The van der Waals surface area contributed by atoms with E-state index in [0.717, 1.165) is 5.56 Å². The van der Waals surface area contributed by atoms with Crippen LogP contribution in [0.4, 0.5) is 20.7 Å². The molecule has 0 fully saturated rings. The first-order valence-corrected chi connectivity index (χ1v) is 8.99. The third kappa shape index (κ3) is 3.06.